The maximum Gasteiger partial charge on any atom is 0.488 e. The van der Waals surface area contributed by atoms with E-state index in [1.807, 2.05) is 6.92 Å². The summed E-state index contributed by atoms with van der Waals surface area (Å²) in [5.74, 6) is -0.472. The van der Waals surface area contributed by atoms with Crippen molar-refractivity contribution >= 4 is 22.2 Å². The molecule has 2 rings (SSSR count). The number of halogens is 1. The van der Waals surface area contributed by atoms with Gasteiger partial charge in [-0.3, -0.25) is 14.7 Å². The highest BCUT2D eigenvalue weighted by Gasteiger charge is 2.17. The molecule has 0 spiro atoms. The Morgan fingerprint density at radius 3 is 2.68 bits per heavy atom. The topological polar surface area (TPSA) is 89.5 Å². The van der Waals surface area contributed by atoms with Gasteiger partial charge in [-0.15, -0.1) is 0 Å². The number of hydrogen-bond donors (Lipinski definition) is 0. The SMILES string of the molecule is Cc1ccnc(N(C)C(=O)c2cncc(OS(=O)(=O)F)c2)c1. The number of aromatic nitrogens is 2. The maximum atomic E-state index is 12.5. The molecule has 1 amide bonds. The summed E-state index contributed by atoms with van der Waals surface area (Å²) in [6.07, 6.45) is 3.76. The number of pyridine rings is 2. The van der Waals surface area contributed by atoms with E-state index in [4.69, 9.17) is 0 Å². The molecule has 22 heavy (non-hydrogen) atoms. The van der Waals surface area contributed by atoms with Gasteiger partial charge in [-0.1, -0.05) is 3.89 Å². The number of aryl methyl sites for hydroxylation is 1. The molecule has 0 aliphatic carbocycles. The van der Waals surface area contributed by atoms with Crippen molar-refractivity contribution in [3.8, 4) is 5.75 Å². The van der Waals surface area contributed by atoms with Gasteiger partial charge in [-0.05, 0) is 30.7 Å². The van der Waals surface area contributed by atoms with Crippen LogP contribution >= 0.6 is 0 Å². The predicted octanol–water partition coefficient (Wildman–Crippen LogP) is 1.65. The van der Waals surface area contributed by atoms with Crippen LogP contribution in [0.1, 0.15) is 15.9 Å². The predicted molar refractivity (Wildman–Crippen MR) is 76.6 cm³/mol. The minimum atomic E-state index is -5.17. The van der Waals surface area contributed by atoms with Gasteiger partial charge < -0.3 is 4.18 Å². The van der Waals surface area contributed by atoms with Crippen LogP contribution in [0.15, 0.2) is 36.8 Å². The first-order valence-corrected chi connectivity index (χ1v) is 7.37. The van der Waals surface area contributed by atoms with Gasteiger partial charge in [-0.2, -0.15) is 8.42 Å². The molecule has 0 N–H and O–H groups in total. The molecule has 0 saturated carbocycles. The average Bonchev–Trinajstić information content (AvgIpc) is 2.44. The molecule has 116 valence electrons. The van der Waals surface area contributed by atoms with E-state index in [0.29, 0.717) is 5.82 Å². The summed E-state index contributed by atoms with van der Waals surface area (Å²) in [7, 11) is -3.67. The first kappa shape index (κ1) is 15.8. The normalized spacial score (nSPS) is 11.0. The lowest BCUT2D eigenvalue weighted by atomic mass is 10.2. The minimum absolute atomic E-state index is 0.0342. The largest absolute Gasteiger partial charge is 0.488 e. The van der Waals surface area contributed by atoms with Crippen molar-refractivity contribution < 1.29 is 21.3 Å². The summed E-state index contributed by atoms with van der Waals surface area (Å²) >= 11 is 0. The van der Waals surface area contributed by atoms with Crippen LogP contribution < -0.4 is 9.08 Å². The van der Waals surface area contributed by atoms with Crippen LogP contribution in [0, 0.1) is 6.92 Å². The summed E-state index contributed by atoms with van der Waals surface area (Å²) in [6, 6.07) is 4.57. The zero-order valence-corrected chi connectivity index (χ0v) is 12.5. The van der Waals surface area contributed by atoms with Gasteiger partial charge in [0.2, 0.25) is 0 Å². The summed E-state index contributed by atoms with van der Waals surface area (Å²) in [5, 5.41) is 0. The fraction of sp³-hybridized carbons (Fsp3) is 0.154. The van der Waals surface area contributed by atoms with E-state index >= 15 is 0 Å². The van der Waals surface area contributed by atoms with Crippen molar-refractivity contribution in [2.75, 3.05) is 11.9 Å². The molecule has 0 aromatic carbocycles. The van der Waals surface area contributed by atoms with Crippen molar-refractivity contribution in [3.63, 3.8) is 0 Å². The highest BCUT2D eigenvalue weighted by atomic mass is 32.3. The molecule has 9 heteroatoms. The number of hydrogen-bond acceptors (Lipinski definition) is 6. The molecule has 0 saturated heterocycles. The molecule has 0 fully saturated rings. The molecule has 2 aromatic rings. The number of amides is 1. The Bertz CT molecular complexity index is 810. The third-order valence-corrected chi connectivity index (χ3v) is 3.10. The van der Waals surface area contributed by atoms with E-state index in [9.17, 15) is 17.1 Å². The second-order valence-corrected chi connectivity index (χ2v) is 5.39. The molecule has 0 bridgehead atoms. The van der Waals surface area contributed by atoms with Gasteiger partial charge >= 0.3 is 10.5 Å². The summed E-state index contributed by atoms with van der Waals surface area (Å²) in [6.45, 7) is 1.85. The number of nitrogens with zero attached hydrogens (tertiary/aromatic N) is 3. The fourth-order valence-corrected chi connectivity index (χ4v) is 2.02. The molecule has 0 unspecified atom stereocenters. The Morgan fingerprint density at radius 2 is 2.05 bits per heavy atom. The minimum Gasteiger partial charge on any atom is -0.357 e. The molecule has 0 aliphatic rings. The second-order valence-electron chi connectivity index (χ2n) is 4.44. The number of rotatable bonds is 4. The molecular formula is C13H12FN3O4S. The van der Waals surface area contributed by atoms with Crippen LogP contribution in [0.5, 0.6) is 5.75 Å². The fourth-order valence-electron chi connectivity index (χ4n) is 1.70. The van der Waals surface area contributed by atoms with E-state index in [1.54, 1.807) is 18.3 Å². The van der Waals surface area contributed by atoms with Gasteiger partial charge in [0.05, 0.1) is 11.8 Å². The highest BCUT2D eigenvalue weighted by molar-refractivity contribution is 7.81. The quantitative estimate of drug-likeness (QED) is 0.794. The Balaban J connectivity index is 2.27. The number of carbonyl (C=O) groups is 1. The lowest BCUT2D eigenvalue weighted by Crippen LogP contribution is -2.27. The Hall–Kier alpha value is -2.55. The van der Waals surface area contributed by atoms with E-state index < -0.39 is 16.4 Å². The van der Waals surface area contributed by atoms with Crippen LogP contribution in [-0.4, -0.2) is 31.3 Å². The van der Waals surface area contributed by atoms with Crippen molar-refractivity contribution in [2.45, 2.75) is 6.92 Å². The van der Waals surface area contributed by atoms with Crippen molar-refractivity contribution in [1.29, 1.82) is 0 Å². The van der Waals surface area contributed by atoms with Gasteiger partial charge in [0.15, 0.2) is 5.75 Å². The Labute approximate surface area is 126 Å². The number of carbonyl (C=O) groups excluding carboxylic acids is 1. The van der Waals surface area contributed by atoms with Crippen molar-refractivity contribution in [2.24, 2.45) is 0 Å². The standard InChI is InChI=1S/C13H12FN3O4S/c1-9-3-4-16-12(5-9)17(2)13(18)10-6-11(8-15-7-10)21-22(14,19)20/h3-8H,1-2H3. The van der Waals surface area contributed by atoms with Gasteiger partial charge in [0.1, 0.15) is 5.82 Å². The Morgan fingerprint density at radius 1 is 1.32 bits per heavy atom. The molecular weight excluding hydrogens is 313 g/mol. The van der Waals surface area contributed by atoms with Gasteiger partial charge in [0.25, 0.3) is 5.91 Å². The van der Waals surface area contributed by atoms with E-state index in [1.165, 1.54) is 18.1 Å². The third kappa shape index (κ3) is 3.98. The molecule has 2 aromatic heterocycles. The van der Waals surface area contributed by atoms with Crippen LogP contribution in [0.4, 0.5) is 9.70 Å². The third-order valence-electron chi connectivity index (χ3n) is 2.71. The molecule has 0 radical (unpaired) electrons. The number of anilines is 1. The monoisotopic (exact) mass is 325 g/mol. The summed E-state index contributed by atoms with van der Waals surface area (Å²) < 4.78 is 37.5. The second kappa shape index (κ2) is 6.06. The molecule has 0 aliphatic heterocycles. The van der Waals surface area contributed by atoms with Crippen LogP contribution in [0.3, 0.4) is 0 Å². The molecule has 2 heterocycles. The summed E-state index contributed by atoms with van der Waals surface area (Å²) in [4.78, 5) is 21.3. The van der Waals surface area contributed by atoms with Crippen LogP contribution in [-0.2, 0) is 10.5 Å². The smallest absolute Gasteiger partial charge is 0.357 e. The van der Waals surface area contributed by atoms with Crippen molar-refractivity contribution in [1.82, 2.24) is 9.97 Å². The average molecular weight is 325 g/mol. The summed E-state index contributed by atoms with van der Waals surface area (Å²) in [5.41, 5.74) is 0.954. The lowest BCUT2D eigenvalue weighted by Gasteiger charge is -2.16. The first-order chi connectivity index (χ1) is 10.3. The van der Waals surface area contributed by atoms with E-state index in [-0.39, 0.29) is 11.3 Å². The van der Waals surface area contributed by atoms with E-state index in [0.717, 1.165) is 17.8 Å². The Kier molecular flexibility index (Phi) is 4.36. The highest BCUT2D eigenvalue weighted by Crippen LogP contribution is 2.18. The van der Waals surface area contributed by atoms with Gasteiger partial charge in [0, 0.05) is 19.4 Å². The van der Waals surface area contributed by atoms with Gasteiger partial charge in [-0.25, -0.2) is 4.98 Å². The zero-order valence-electron chi connectivity index (χ0n) is 11.7. The molecule has 7 nitrogen and oxygen atoms in total. The lowest BCUT2D eigenvalue weighted by molar-refractivity contribution is 0.0991. The molecule has 0 atom stereocenters. The maximum absolute atomic E-state index is 12.5. The van der Waals surface area contributed by atoms with Crippen LogP contribution in [0.2, 0.25) is 0 Å². The zero-order chi connectivity index (χ0) is 16.3. The van der Waals surface area contributed by atoms with Crippen LogP contribution in [0.25, 0.3) is 0 Å². The van der Waals surface area contributed by atoms with E-state index in [2.05, 4.69) is 14.2 Å². The first-order valence-electron chi connectivity index (χ1n) is 6.06. The van der Waals surface area contributed by atoms with Crippen molar-refractivity contribution in [3.05, 3.63) is 47.9 Å².